The summed E-state index contributed by atoms with van der Waals surface area (Å²) < 4.78 is 4.79. The van der Waals surface area contributed by atoms with Gasteiger partial charge in [0, 0.05) is 19.6 Å². The van der Waals surface area contributed by atoms with E-state index in [0.29, 0.717) is 6.61 Å². The quantitative estimate of drug-likeness (QED) is 0.250. The lowest BCUT2D eigenvalue weighted by Crippen LogP contribution is -2.11. The summed E-state index contributed by atoms with van der Waals surface area (Å²) in [6.07, 6.45) is 1.20. The minimum atomic E-state index is -0.359. The molecule has 0 aromatic heterocycles. The monoisotopic (exact) mass is 153 g/mol. The highest BCUT2D eigenvalue weighted by atomic mass is 16.5. The first-order valence-electron chi connectivity index (χ1n) is 3.58. The number of ether oxygens (including phenoxy) is 1. The van der Waals surface area contributed by atoms with Crippen molar-refractivity contribution in [2.24, 2.45) is 0 Å². The minimum Gasteiger partial charge on any atom is -0.461 e. The highest BCUT2D eigenvalue weighted by Crippen LogP contribution is 2.00. The van der Waals surface area contributed by atoms with Crippen molar-refractivity contribution < 1.29 is 9.53 Å². The van der Waals surface area contributed by atoms with Crippen LogP contribution in [0, 0.1) is 0 Å². The maximum absolute atomic E-state index is 10.6. The number of carbonyl (C=O) groups is 1. The summed E-state index contributed by atoms with van der Waals surface area (Å²) in [4.78, 5) is 12.8. The van der Waals surface area contributed by atoms with Gasteiger partial charge in [-0.3, -0.25) is 4.90 Å². The second-order valence-corrected chi connectivity index (χ2v) is 2.36. The van der Waals surface area contributed by atoms with Gasteiger partial charge in [0.25, 0.3) is 0 Å². The Morgan fingerprint density at radius 3 is 3.00 bits per heavy atom. The zero-order valence-electron chi connectivity index (χ0n) is 6.38. The largest absolute Gasteiger partial charge is 0.461 e. The Hall–Kier alpha value is -1.05. The molecule has 0 aliphatic carbocycles. The maximum atomic E-state index is 10.6. The van der Waals surface area contributed by atoms with Gasteiger partial charge < -0.3 is 4.74 Å². The molecule has 1 rings (SSSR count). The lowest BCUT2D eigenvalue weighted by atomic mass is 10.6. The van der Waals surface area contributed by atoms with Crippen LogP contribution in [0.4, 0.5) is 0 Å². The molecule has 1 aliphatic rings. The predicted molar refractivity (Wildman–Crippen MR) is 41.1 cm³/mol. The topological polar surface area (TPSA) is 29.3 Å². The van der Waals surface area contributed by atoms with Crippen LogP contribution < -0.4 is 0 Å². The van der Waals surface area contributed by atoms with Gasteiger partial charge in [-0.2, -0.15) is 0 Å². The van der Waals surface area contributed by atoms with Crippen molar-refractivity contribution in [3.8, 4) is 0 Å². The highest BCUT2D eigenvalue weighted by Gasteiger charge is 2.16. The van der Waals surface area contributed by atoms with Crippen molar-refractivity contribution in [2.45, 2.75) is 0 Å². The first-order valence-corrected chi connectivity index (χ1v) is 3.58. The van der Waals surface area contributed by atoms with Gasteiger partial charge in [0.1, 0.15) is 6.61 Å². The van der Waals surface area contributed by atoms with Crippen molar-refractivity contribution in [1.82, 2.24) is 4.90 Å². The standard InChI is InChI=1S/C8H11NO2/c1-2-3-8(10)11-7-6-9-4-5-9/h3H,1,4-7H2. The third-order valence-corrected chi connectivity index (χ3v) is 1.41. The first kappa shape index (κ1) is 8.05. The zero-order chi connectivity index (χ0) is 8.10. The van der Waals surface area contributed by atoms with Gasteiger partial charge in [0.05, 0.1) is 6.08 Å². The Morgan fingerprint density at radius 2 is 2.45 bits per heavy atom. The van der Waals surface area contributed by atoms with Crippen molar-refractivity contribution in [3.05, 3.63) is 18.4 Å². The summed E-state index contributed by atoms with van der Waals surface area (Å²) in [7, 11) is 0. The van der Waals surface area contributed by atoms with Crippen LogP contribution in [0.2, 0.25) is 0 Å². The molecule has 0 bridgehead atoms. The Bertz CT molecular complexity index is 190. The summed E-state index contributed by atoms with van der Waals surface area (Å²) in [6, 6.07) is 0. The molecule has 1 aliphatic heterocycles. The summed E-state index contributed by atoms with van der Waals surface area (Å²) in [5.74, 6) is -0.359. The van der Waals surface area contributed by atoms with Crippen molar-refractivity contribution in [3.63, 3.8) is 0 Å². The van der Waals surface area contributed by atoms with Crippen LogP contribution >= 0.6 is 0 Å². The molecule has 0 spiro atoms. The molecule has 0 N–H and O–H groups in total. The van der Waals surface area contributed by atoms with E-state index < -0.39 is 0 Å². The van der Waals surface area contributed by atoms with Crippen LogP contribution in [0.25, 0.3) is 0 Å². The SMILES string of the molecule is C=C=CC(=O)OCCN1CC1. The predicted octanol–water partition coefficient (Wildman–Crippen LogP) is 0.186. The molecule has 0 radical (unpaired) electrons. The van der Waals surface area contributed by atoms with E-state index in [1.165, 1.54) is 6.08 Å². The van der Waals surface area contributed by atoms with Crippen LogP contribution in [-0.4, -0.2) is 37.1 Å². The van der Waals surface area contributed by atoms with Crippen molar-refractivity contribution >= 4 is 5.97 Å². The molecule has 1 heterocycles. The van der Waals surface area contributed by atoms with Gasteiger partial charge in [-0.15, -0.1) is 5.73 Å². The van der Waals surface area contributed by atoms with Crippen LogP contribution in [0.5, 0.6) is 0 Å². The third-order valence-electron chi connectivity index (χ3n) is 1.41. The van der Waals surface area contributed by atoms with Crippen LogP contribution in [0.15, 0.2) is 18.4 Å². The smallest absolute Gasteiger partial charge is 0.338 e. The van der Waals surface area contributed by atoms with E-state index in [2.05, 4.69) is 17.2 Å². The number of esters is 1. The number of hydrogen-bond acceptors (Lipinski definition) is 3. The molecular formula is C8H11NO2. The number of hydrogen-bond donors (Lipinski definition) is 0. The van der Waals surface area contributed by atoms with E-state index in [-0.39, 0.29) is 5.97 Å². The molecule has 0 amide bonds. The van der Waals surface area contributed by atoms with E-state index in [1.807, 2.05) is 0 Å². The van der Waals surface area contributed by atoms with E-state index in [1.54, 1.807) is 0 Å². The van der Waals surface area contributed by atoms with Gasteiger partial charge in [-0.05, 0) is 0 Å². The molecule has 0 aromatic rings. The van der Waals surface area contributed by atoms with E-state index in [0.717, 1.165) is 19.6 Å². The highest BCUT2D eigenvalue weighted by molar-refractivity contribution is 5.81. The van der Waals surface area contributed by atoms with Gasteiger partial charge in [-0.25, -0.2) is 4.79 Å². The average molecular weight is 153 g/mol. The fraction of sp³-hybridized carbons (Fsp3) is 0.500. The lowest BCUT2D eigenvalue weighted by molar-refractivity contribution is -0.137. The van der Waals surface area contributed by atoms with E-state index >= 15 is 0 Å². The zero-order valence-corrected chi connectivity index (χ0v) is 6.38. The van der Waals surface area contributed by atoms with E-state index in [9.17, 15) is 4.79 Å². The molecule has 0 atom stereocenters. The molecule has 3 heteroatoms. The number of rotatable bonds is 4. The molecule has 60 valence electrons. The summed E-state index contributed by atoms with van der Waals surface area (Å²) >= 11 is 0. The summed E-state index contributed by atoms with van der Waals surface area (Å²) in [6.45, 7) is 6.85. The van der Waals surface area contributed by atoms with Gasteiger partial charge >= 0.3 is 5.97 Å². The lowest BCUT2D eigenvalue weighted by Gasteiger charge is -2.00. The van der Waals surface area contributed by atoms with E-state index in [4.69, 9.17) is 4.74 Å². The molecular weight excluding hydrogens is 142 g/mol. The van der Waals surface area contributed by atoms with Crippen LogP contribution in [0.3, 0.4) is 0 Å². The van der Waals surface area contributed by atoms with Crippen molar-refractivity contribution in [2.75, 3.05) is 26.2 Å². The molecule has 0 aromatic carbocycles. The molecule has 3 nitrogen and oxygen atoms in total. The maximum Gasteiger partial charge on any atom is 0.338 e. The Kier molecular flexibility index (Phi) is 2.90. The average Bonchev–Trinajstić information content (AvgIpc) is 2.72. The van der Waals surface area contributed by atoms with Gasteiger partial charge in [0.15, 0.2) is 0 Å². The Labute approximate surface area is 65.9 Å². The Morgan fingerprint density at radius 1 is 1.73 bits per heavy atom. The molecule has 1 saturated heterocycles. The second kappa shape index (κ2) is 3.96. The number of carbonyl (C=O) groups excluding carboxylic acids is 1. The second-order valence-electron chi connectivity index (χ2n) is 2.36. The fourth-order valence-electron chi connectivity index (χ4n) is 0.695. The third kappa shape index (κ3) is 3.61. The fourth-order valence-corrected chi connectivity index (χ4v) is 0.695. The molecule has 0 unspecified atom stereocenters. The molecule has 1 fully saturated rings. The Balaban J connectivity index is 2.00. The molecule has 11 heavy (non-hydrogen) atoms. The first-order chi connectivity index (χ1) is 5.33. The van der Waals surface area contributed by atoms with Gasteiger partial charge in [-0.1, -0.05) is 6.58 Å². The molecule has 0 saturated carbocycles. The van der Waals surface area contributed by atoms with Crippen LogP contribution in [-0.2, 0) is 9.53 Å². The normalized spacial score (nSPS) is 15.3. The van der Waals surface area contributed by atoms with Crippen molar-refractivity contribution in [1.29, 1.82) is 0 Å². The number of nitrogens with zero attached hydrogens (tertiary/aromatic N) is 1. The summed E-state index contributed by atoms with van der Waals surface area (Å²) in [5, 5.41) is 0. The van der Waals surface area contributed by atoms with Crippen LogP contribution in [0.1, 0.15) is 0 Å². The van der Waals surface area contributed by atoms with Gasteiger partial charge in [0.2, 0.25) is 0 Å². The minimum absolute atomic E-state index is 0.359. The summed E-state index contributed by atoms with van der Waals surface area (Å²) in [5.41, 5.74) is 2.36.